The van der Waals surface area contributed by atoms with Crippen molar-refractivity contribution < 1.29 is 17.9 Å². The van der Waals surface area contributed by atoms with Crippen LogP contribution in [0.4, 0.5) is 5.69 Å². The fourth-order valence-electron chi connectivity index (χ4n) is 3.34. The van der Waals surface area contributed by atoms with E-state index in [2.05, 4.69) is 18.6 Å². The summed E-state index contributed by atoms with van der Waals surface area (Å²) >= 11 is 6.17. The van der Waals surface area contributed by atoms with Gasteiger partial charge in [-0.25, -0.2) is 8.42 Å². The molecule has 0 unspecified atom stereocenters. The zero-order valence-corrected chi connectivity index (χ0v) is 20.5. The monoisotopic (exact) mass is 453 g/mol. The lowest BCUT2D eigenvalue weighted by Gasteiger charge is -2.23. The Morgan fingerprint density at radius 1 is 0.800 bits per heavy atom. The van der Waals surface area contributed by atoms with Gasteiger partial charge in [-0.2, -0.15) is 0 Å². The molecule has 0 saturated carbocycles. The predicted octanol–water partition coefficient (Wildman–Crippen LogP) is 6.53. The Morgan fingerprint density at radius 3 is 1.70 bits per heavy atom. The van der Waals surface area contributed by atoms with Gasteiger partial charge < -0.3 is 9.47 Å². The quantitative estimate of drug-likeness (QED) is 0.493. The number of hydrogen-bond donors (Lipinski definition) is 1. The predicted molar refractivity (Wildman–Crippen MR) is 124 cm³/mol. The second kappa shape index (κ2) is 9.48. The maximum atomic E-state index is 13.6. The van der Waals surface area contributed by atoms with E-state index >= 15 is 0 Å². The largest absolute Gasteiger partial charge is 0.495 e. The molecule has 0 heterocycles. The first-order valence-electron chi connectivity index (χ1n) is 10.0. The van der Waals surface area contributed by atoms with E-state index in [0.29, 0.717) is 27.3 Å². The fraction of sp³-hybridized carbons (Fsp3) is 0.478. The standard InChI is InChI=1S/C23H32ClNO4S/c1-13(2)16-9-17(14(3)4)23(18(10-16)15(5)6)30(26,27)25-20-12-21(28-7)19(24)11-22(20)29-8/h9-15,25H,1-8H3. The lowest BCUT2D eigenvalue weighted by atomic mass is 9.89. The molecular weight excluding hydrogens is 422 g/mol. The second-order valence-corrected chi connectivity index (χ2v) is 10.3. The van der Waals surface area contributed by atoms with Gasteiger partial charge in [0.15, 0.2) is 0 Å². The molecular formula is C23H32ClNO4S. The lowest BCUT2D eigenvalue weighted by molar-refractivity contribution is 0.405. The molecule has 0 aliphatic rings. The van der Waals surface area contributed by atoms with E-state index in [-0.39, 0.29) is 17.5 Å². The van der Waals surface area contributed by atoms with Crippen molar-refractivity contribution in [1.29, 1.82) is 0 Å². The minimum atomic E-state index is -3.91. The van der Waals surface area contributed by atoms with Crippen LogP contribution in [0.15, 0.2) is 29.2 Å². The third-order valence-corrected chi connectivity index (χ3v) is 6.86. The zero-order valence-electron chi connectivity index (χ0n) is 19.0. The van der Waals surface area contributed by atoms with Gasteiger partial charge in [0, 0.05) is 12.1 Å². The third-order valence-electron chi connectivity index (χ3n) is 5.07. The van der Waals surface area contributed by atoms with Crippen molar-refractivity contribution in [3.8, 4) is 11.5 Å². The van der Waals surface area contributed by atoms with Crippen LogP contribution in [-0.4, -0.2) is 22.6 Å². The molecule has 2 aromatic carbocycles. The Hall–Kier alpha value is -1.92. The highest BCUT2D eigenvalue weighted by molar-refractivity contribution is 7.92. The number of rotatable bonds is 8. The van der Waals surface area contributed by atoms with Gasteiger partial charge in [0.2, 0.25) is 0 Å². The first-order chi connectivity index (χ1) is 13.9. The van der Waals surface area contributed by atoms with Gasteiger partial charge in [-0.3, -0.25) is 4.72 Å². The summed E-state index contributed by atoms with van der Waals surface area (Å²) in [6, 6.07) is 7.09. The van der Waals surface area contributed by atoms with Crippen LogP contribution in [0.3, 0.4) is 0 Å². The number of anilines is 1. The smallest absolute Gasteiger partial charge is 0.262 e. The number of hydrogen-bond acceptors (Lipinski definition) is 4. The Balaban J connectivity index is 2.74. The summed E-state index contributed by atoms with van der Waals surface area (Å²) in [5, 5.41) is 0.337. The van der Waals surface area contributed by atoms with Crippen LogP contribution in [0.1, 0.15) is 76.0 Å². The van der Waals surface area contributed by atoms with Crippen molar-refractivity contribution in [1.82, 2.24) is 0 Å². The number of benzene rings is 2. The molecule has 1 N–H and O–H groups in total. The molecule has 2 aromatic rings. The maximum absolute atomic E-state index is 13.6. The van der Waals surface area contributed by atoms with Crippen molar-refractivity contribution in [3.05, 3.63) is 46.0 Å². The van der Waals surface area contributed by atoms with Crippen molar-refractivity contribution in [3.63, 3.8) is 0 Å². The van der Waals surface area contributed by atoms with Crippen LogP contribution in [0.5, 0.6) is 11.5 Å². The normalized spacial score (nSPS) is 12.0. The van der Waals surface area contributed by atoms with Gasteiger partial charge in [-0.05, 0) is 34.4 Å². The van der Waals surface area contributed by atoms with Crippen LogP contribution in [0.2, 0.25) is 5.02 Å². The van der Waals surface area contributed by atoms with Crippen molar-refractivity contribution in [2.45, 2.75) is 64.2 Å². The zero-order chi connectivity index (χ0) is 22.8. The Labute approximate surface area is 185 Å². The third kappa shape index (κ3) is 5.03. The topological polar surface area (TPSA) is 64.6 Å². The highest BCUT2D eigenvalue weighted by Crippen LogP contribution is 2.40. The van der Waals surface area contributed by atoms with Crippen molar-refractivity contribution >= 4 is 27.3 Å². The second-order valence-electron chi connectivity index (χ2n) is 8.29. The van der Waals surface area contributed by atoms with Crippen molar-refractivity contribution in [2.75, 3.05) is 18.9 Å². The van der Waals surface area contributed by atoms with E-state index < -0.39 is 10.0 Å². The molecule has 5 nitrogen and oxygen atoms in total. The molecule has 0 bridgehead atoms. The van der Waals surface area contributed by atoms with Gasteiger partial charge in [0.1, 0.15) is 11.5 Å². The number of methoxy groups -OCH3 is 2. The number of sulfonamides is 1. The average molecular weight is 454 g/mol. The minimum absolute atomic E-state index is 0.0365. The molecule has 2 rings (SSSR count). The fourth-order valence-corrected chi connectivity index (χ4v) is 5.33. The Kier molecular flexibility index (Phi) is 7.69. The molecule has 0 aliphatic carbocycles. The van der Waals surface area contributed by atoms with Crippen LogP contribution in [0, 0.1) is 0 Å². The number of nitrogens with one attached hydrogen (secondary N) is 1. The average Bonchev–Trinajstić information content (AvgIpc) is 2.67. The molecule has 7 heteroatoms. The van der Waals surface area contributed by atoms with E-state index in [0.717, 1.165) is 16.7 Å². The molecule has 30 heavy (non-hydrogen) atoms. The van der Waals surface area contributed by atoms with Gasteiger partial charge in [-0.1, -0.05) is 65.3 Å². The summed E-state index contributed by atoms with van der Waals surface area (Å²) in [5.41, 5.74) is 3.01. The SMILES string of the molecule is COc1cc(NS(=O)(=O)c2c(C(C)C)cc(C(C)C)cc2C(C)C)c(OC)cc1Cl. The van der Waals surface area contributed by atoms with Gasteiger partial charge in [0.05, 0.1) is 29.8 Å². The molecule has 0 radical (unpaired) electrons. The van der Waals surface area contributed by atoms with E-state index in [1.807, 2.05) is 39.8 Å². The van der Waals surface area contributed by atoms with Gasteiger partial charge in [-0.15, -0.1) is 0 Å². The first kappa shape index (κ1) is 24.4. The summed E-state index contributed by atoms with van der Waals surface area (Å²) < 4.78 is 40.6. The van der Waals surface area contributed by atoms with Crippen molar-refractivity contribution in [2.24, 2.45) is 0 Å². The molecule has 166 valence electrons. The maximum Gasteiger partial charge on any atom is 0.262 e. The summed E-state index contributed by atoms with van der Waals surface area (Å²) in [5.74, 6) is 1.05. The van der Waals surface area contributed by atoms with Gasteiger partial charge >= 0.3 is 0 Å². The minimum Gasteiger partial charge on any atom is -0.495 e. The van der Waals surface area contributed by atoms with E-state index in [1.165, 1.54) is 26.4 Å². The summed E-state index contributed by atoms with van der Waals surface area (Å²) in [6.07, 6.45) is 0. The van der Waals surface area contributed by atoms with Gasteiger partial charge in [0.25, 0.3) is 10.0 Å². The Morgan fingerprint density at radius 2 is 1.30 bits per heavy atom. The lowest BCUT2D eigenvalue weighted by Crippen LogP contribution is -2.19. The van der Waals surface area contributed by atoms with Crippen LogP contribution >= 0.6 is 11.6 Å². The van der Waals surface area contributed by atoms with Crippen LogP contribution in [0.25, 0.3) is 0 Å². The molecule has 0 amide bonds. The molecule has 0 aliphatic heterocycles. The summed E-state index contributed by atoms with van der Waals surface area (Å²) in [7, 11) is -0.965. The molecule has 0 spiro atoms. The number of ether oxygens (including phenoxy) is 2. The highest BCUT2D eigenvalue weighted by atomic mass is 35.5. The first-order valence-corrected chi connectivity index (χ1v) is 11.9. The Bertz CT molecular complexity index is 985. The summed E-state index contributed by atoms with van der Waals surface area (Å²) in [6.45, 7) is 12.3. The molecule has 0 saturated heterocycles. The molecule has 0 atom stereocenters. The number of halogens is 1. The molecule has 0 fully saturated rings. The summed E-state index contributed by atoms with van der Waals surface area (Å²) in [4.78, 5) is 0.327. The van der Waals surface area contributed by atoms with Crippen LogP contribution < -0.4 is 14.2 Å². The molecule has 0 aromatic heterocycles. The van der Waals surface area contributed by atoms with E-state index in [1.54, 1.807) is 0 Å². The van der Waals surface area contributed by atoms with E-state index in [9.17, 15) is 8.42 Å². The van der Waals surface area contributed by atoms with E-state index in [4.69, 9.17) is 21.1 Å². The highest BCUT2D eigenvalue weighted by Gasteiger charge is 2.28. The van der Waals surface area contributed by atoms with Crippen LogP contribution in [-0.2, 0) is 10.0 Å².